The lowest BCUT2D eigenvalue weighted by atomic mass is 10.0. The molecule has 1 aromatic heterocycles. The highest BCUT2D eigenvalue weighted by molar-refractivity contribution is 6.05. The number of aryl methyl sites for hydroxylation is 1. The van der Waals surface area contributed by atoms with Crippen molar-refractivity contribution in [1.82, 2.24) is 9.88 Å². The second kappa shape index (κ2) is 10.2. The maximum atomic E-state index is 13.3. The van der Waals surface area contributed by atoms with Crippen LogP contribution in [0.25, 0.3) is 0 Å². The van der Waals surface area contributed by atoms with Crippen molar-refractivity contribution in [1.29, 1.82) is 0 Å². The van der Waals surface area contributed by atoms with E-state index in [9.17, 15) is 23.2 Å². The monoisotopic (exact) mass is 454 g/mol. The first-order valence-corrected chi connectivity index (χ1v) is 10.4. The second-order valence-electron chi connectivity index (χ2n) is 7.56. The topological polar surface area (TPSA) is 79.5 Å². The fraction of sp³-hybridized carbons (Fsp3) is 0.240. The van der Waals surface area contributed by atoms with Gasteiger partial charge in [-0.3, -0.25) is 9.59 Å². The van der Waals surface area contributed by atoms with Crippen LogP contribution in [0.1, 0.15) is 54.9 Å². The number of rotatable bonds is 8. The normalized spacial score (nSPS) is 10.7. The van der Waals surface area contributed by atoms with Crippen LogP contribution in [0.5, 0.6) is 0 Å². The molecule has 8 heteroatoms. The van der Waals surface area contributed by atoms with Crippen LogP contribution in [-0.2, 0) is 11.3 Å². The summed E-state index contributed by atoms with van der Waals surface area (Å²) in [5.41, 5.74) is 2.24. The SMILES string of the molecule is CCOC(=O)c1[nH]c(C)c(C(=O)CN(Cc2ccc(F)cc2)C(=O)c2ccc(F)cc2)c1C. The Bertz CT molecular complexity index is 1170. The van der Waals surface area contributed by atoms with Crippen molar-refractivity contribution in [3.05, 3.63) is 93.8 Å². The maximum Gasteiger partial charge on any atom is 0.355 e. The molecule has 0 unspecified atom stereocenters. The van der Waals surface area contributed by atoms with E-state index < -0.39 is 23.5 Å². The second-order valence-corrected chi connectivity index (χ2v) is 7.56. The molecule has 1 amide bonds. The van der Waals surface area contributed by atoms with Gasteiger partial charge in [-0.2, -0.15) is 0 Å². The summed E-state index contributed by atoms with van der Waals surface area (Å²) in [7, 11) is 0. The molecule has 33 heavy (non-hydrogen) atoms. The van der Waals surface area contributed by atoms with E-state index in [1.54, 1.807) is 20.8 Å². The standard InChI is InChI=1S/C25H24F2N2O4/c1-4-33-25(32)23-15(2)22(16(3)28-23)21(30)14-29(13-17-5-9-19(26)10-6-17)24(31)18-7-11-20(27)12-8-18/h5-12,28H,4,13-14H2,1-3H3. The Balaban J connectivity index is 1.91. The van der Waals surface area contributed by atoms with Gasteiger partial charge in [-0.25, -0.2) is 13.6 Å². The van der Waals surface area contributed by atoms with Crippen LogP contribution in [0.15, 0.2) is 48.5 Å². The minimum absolute atomic E-state index is 0.0372. The molecule has 0 atom stereocenters. The number of esters is 1. The predicted molar refractivity (Wildman–Crippen MR) is 118 cm³/mol. The summed E-state index contributed by atoms with van der Waals surface area (Å²) in [5, 5.41) is 0. The molecule has 0 saturated carbocycles. The third kappa shape index (κ3) is 5.52. The minimum Gasteiger partial charge on any atom is -0.461 e. The summed E-state index contributed by atoms with van der Waals surface area (Å²) < 4.78 is 31.7. The van der Waals surface area contributed by atoms with Gasteiger partial charge >= 0.3 is 5.97 Å². The quantitative estimate of drug-likeness (QED) is 0.398. The molecule has 0 radical (unpaired) electrons. The molecule has 0 aliphatic carbocycles. The van der Waals surface area contributed by atoms with Gasteiger partial charge in [-0.1, -0.05) is 12.1 Å². The van der Waals surface area contributed by atoms with Crippen LogP contribution in [-0.4, -0.2) is 40.7 Å². The molecule has 0 aliphatic rings. The number of aromatic nitrogens is 1. The summed E-state index contributed by atoms with van der Waals surface area (Å²) in [6.07, 6.45) is 0. The highest BCUT2D eigenvalue weighted by Gasteiger charge is 2.26. The summed E-state index contributed by atoms with van der Waals surface area (Å²) in [6.45, 7) is 4.91. The van der Waals surface area contributed by atoms with Crippen molar-refractivity contribution >= 4 is 17.7 Å². The number of ketones is 1. The zero-order valence-corrected chi connectivity index (χ0v) is 18.6. The first kappa shape index (κ1) is 23.8. The van der Waals surface area contributed by atoms with Crippen molar-refractivity contribution < 1.29 is 27.9 Å². The smallest absolute Gasteiger partial charge is 0.355 e. The van der Waals surface area contributed by atoms with Gasteiger partial charge in [-0.05, 0) is 68.3 Å². The number of benzene rings is 2. The third-order valence-corrected chi connectivity index (χ3v) is 5.20. The lowest BCUT2D eigenvalue weighted by Gasteiger charge is -2.22. The van der Waals surface area contributed by atoms with Gasteiger partial charge in [0.15, 0.2) is 5.78 Å². The zero-order chi connectivity index (χ0) is 24.1. The highest BCUT2D eigenvalue weighted by atomic mass is 19.1. The van der Waals surface area contributed by atoms with Crippen molar-refractivity contribution in [2.45, 2.75) is 27.3 Å². The molecule has 6 nitrogen and oxygen atoms in total. The van der Waals surface area contributed by atoms with E-state index in [1.807, 2.05) is 0 Å². The summed E-state index contributed by atoms with van der Waals surface area (Å²) >= 11 is 0. The van der Waals surface area contributed by atoms with Crippen LogP contribution < -0.4 is 0 Å². The molecular weight excluding hydrogens is 430 g/mol. The van der Waals surface area contributed by atoms with Crippen LogP contribution in [0.2, 0.25) is 0 Å². The first-order chi connectivity index (χ1) is 15.7. The Kier molecular flexibility index (Phi) is 7.37. The van der Waals surface area contributed by atoms with Crippen molar-refractivity contribution in [3.8, 4) is 0 Å². The lowest BCUT2D eigenvalue weighted by Crippen LogP contribution is -2.35. The number of carbonyl (C=O) groups excluding carboxylic acids is 3. The first-order valence-electron chi connectivity index (χ1n) is 10.4. The number of Topliss-reactive ketones (excluding diaryl/α,β-unsaturated/α-hetero) is 1. The number of amides is 1. The van der Waals surface area contributed by atoms with Gasteiger partial charge in [0.1, 0.15) is 17.3 Å². The number of nitrogens with zero attached hydrogens (tertiary/aromatic N) is 1. The number of aromatic amines is 1. The minimum atomic E-state index is -0.567. The highest BCUT2D eigenvalue weighted by Crippen LogP contribution is 2.21. The van der Waals surface area contributed by atoms with E-state index in [-0.39, 0.29) is 36.7 Å². The Hall–Kier alpha value is -3.81. The number of hydrogen-bond donors (Lipinski definition) is 1. The molecule has 3 rings (SSSR count). The van der Waals surface area contributed by atoms with Crippen molar-refractivity contribution in [2.24, 2.45) is 0 Å². The number of carbonyl (C=O) groups is 3. The van der Waals surface area contributed by atoms with E-state index in [0.29, 0.717) is 22.4 Å². The molecule has 1 N–H and O–H groups in total. The number of halogens is 2. The predicted octanol–water partition coefficient (Wildman–Crippen LogP) is 4.61. The third-order valence-electron chi connectivity index (χ3n) is 5.20. The zero-order valence-electron chi connectivity index (χ0n) is 18.6. The number of nitrogens with one attached hydrogen (secondary N) is 1. The summed E-state index contributed by atoms with van der Waals surface area (Å²) in [4.78, 5) is 42.8. The van der Waals surface area contributed by atoms with Crippen LogP contribution in [0.3, 0.4) is 0 Å². The number of H-pyrrole nitrogens is 1. The molecule has 0 spiro atoms. The van der Waals surface area contributed by atoms with Crippen molar-refractivity contribution in [2.75, 3.05) is 13.2 Å². The summed E-state index contributed by atoms with van der Waals surface area (Å²) in [6, 6.07) is 10.6. The van der Waals surface area contributed by atoms with Crippen LogP contribution in [0, 0.1) is 25.5 Å². The van der Waals surface area contributed by atoms with Gasteiger partial charge in [0.05, 0.1) is 13.2 Å². The molecule has 0 fully saturated rings. The Morgan fingerprint density at radius 1 is 0.939 bits per heavy atom. The van der Waals surface area contributed by atoms with Crippen LogP contribution >= 0.6 is 0 Å². The molecule has 0 aliphatic heterocycles. The molecule has 172 valence electrons. The van der Waals surface area contributed by atoms with Gasteiger partial charge in [0.2, 0.25) is 0 Å². The Morgan fingerprint density at radius 2 is 1.52 bits per heavy atom. The van der Waals surface area contributed by atoms with Gasteiger partial charge in [0, 0.05) is 23.4 Å². The van der Waals surface area contributed by atoms with E-state index in [4.69, 9.17) is 4.74 Å². The maximum absolute atomic E-state index is 13.3. The summed E-state index contributed by atoms with van der Waals surface area (Å²) in [5.74, 6) is -2.34. The fourth-order valence-electron chi connectivity index (χ4n) is 3.61. The number of hydrogen-bond acceptors (Lipinski definition) is 4. The largest absolute Gasteiger partial charge is 0.461 e. The van der Waals surface area contributed by atoms with Gasteiger partial charge in [-0.15, -0.1) is 0 Å². The molecular formula is C25H24F2N2O4. The lowest BCUT2D eigenvalue weighted by molar-refractivity contribution is 0.0519. The van der Waals surface area contributed by atoms with Crippen molar-refractivity contribution in [3.63, 3.8) is 0 Å². The molecule has 0 saturated heterocycles. The molecule has 1 heterocycles. The molecule has 0 bridgehead atoms. The van der Waals surface area contributed by atoms with E-state index in [1.165, 1.54) is 41.3 Å². The van der Waals surface area contributed by atoms with E-state index in [0.717, 1.165) is 12.1 Å². The number of ether oxygens (including phenoxy) is 1. The molecule has 2 aromatic carbocycles. The fourth-order valence-corrected chi connectivity index (χ4v) is 3.61. The van der Waals surface area contributed by atoms with Crippen LogP contribution in [0.4, 0.5) is 8.78 Å². The molecule has 3 aromatic rings. The Morgan fingerprint density at radius 3 is 2.09 bits per heavy atom. The van der Waals surface area contributed by atoms with E-state index in [2.05, 4.69) is 4.98 Å². The average Bonchev–Trinajstić information content (AvgIpc) is 3.09. The average molecular weight is 454 g/mol. The van der Waals surface area contributed by atoms with Gasteiger partial charge in [0.25, 0.3) is 5.91 Å². The van der Waals surface area contributed by atoms with Gasteiger partial charge < -0.3 is 14.6 Å². The van der Waals surface area contributed by atoms with E-state index >= 15 is 0 Å². The Labute approximate surface area is 190 Å².